The van der Waals surface area contributed by atoms with Crippen molar-refractivity contribution in [3.8, 4) is 0 Å². The molecule has 1 saturated heterocycles. The van der Waals surface area contributed by atoms with Crippen molar-refractivity contribution in [3.05, 3.63) is 58.1 Å². The van der Waals surface area contributed by atoms with E-state index in [1.54, 1.807) is 0 Å². The van der Waals surface area contributed by atoms with Gasteiger partial charge in [0.15, 0.2) is 0 Å². The van der Waals surface area contributed by atoms with E-state index >= 15 is 0 Å². The van der Waals surface area contributed by atoms with Crippen molar-refractivity contribution in [2.45, 2.75) is 6.92 Å². The van der Waals surface area contributed by atoms with Gasteiger partial charge < -0.3 is 10.2 Å². The number of nitrogens with one attached hydrogen (secondary N) is 1. The minimum atomic E-state index is 0.0253. The molecule has 2 aromatic rings. The number of amides is 1. The molecule has 0 atom stereocenters. The summed E-state index contributed by atoms with van der Waals surface area (Å²) in [4.78, 5) is 16.7. The normalized spacial score (nSPS) is 15.2. The van der Waals surface area contributed by atoms with Crippen molar-refractivity contribution in [1.82, 2.24) is 4.90 Å². The van der Waals surface area contributed by atoms with E-state index < -0.39 is 0 Å². The summed E-state index contributed by atoms with van der Waals surface area (Å²) in [6.07, 6.45) is 0. The summed E-state index contributed by atoms with van der Waals surface area (Å²) in [7, 11) is 0. The van der Waals surface area contributed by atoms with Crippen LogP contribution < -0.4 is 10.2 Å². The molecule has 25 heavy (non-hydrogen) atoms. The number of carbonyl (C=O) groups excluding carboxylic acids is 1. The van der Waals surface area contributed by atoms with E-state index in [0.29, 0.717) is 16.6 Å². The monoisotopic (exact) mass is 377 g/mol. The molecule has 0 aliphatic carbocycles. The number of rotatable bonds is 4. The second kappa shape index (κ2) is 8.09. The molecule has 1 aliphatic heterocycles. The van der Waals surface area contributed by atoms with Gasteiger partial charge in [0.2, 0.25) is 5.91 Å². The van der Waals surface area contributed by atoms with Crippen molar-refractivity contribution < 1.29 is 4.79 Å². The summed E-state index contributed by atoms with van der Waals surface area (Å²) >= 11 is 12.1. The molecule has 1 heterocycles. The zero-order valence-electron chi connectivity index (χ0n) is 14.1. The number of piperazine rings is 1. The molecule has 0 saturated carbocycles. The third-order valence-electron chi connectivity index (χ3n) is 4.43. The van der Waals surface area contributed by atoms with Crippen LogP contribution in [0.15, 0.2) is 42.5 Å². The van der Waals surface area contributed by atoms with Crippen LogP contribution in [0.5, 0.6) is 0 Å². The standard InChI is InChI=1S/C19H21Cl2N3O/c1-14-4-2-3-5-18(14)22-19(25)13-23-8-10-24(11-9-23)15-6-7-16(20)17(21)12-15/h2-7,12H,8-11,13H2,1H3,(H,22,25). The van der Waals surface area contributed by atoms with Gasteiger partial charge >= 0.3 is 0 Å². The lowest BCUT2D eigenvalue weighted by molar-refractivity contribution is -0.117. The van der Waals surface area contributed by atoms with Gasteiger partial charge in [-0.1, -0.05) is 41.4 Å². The first-order valence-electron chi connectivity index (χ1n) is 8.31. The van der Waals surface area contributed by atoms with Crippen molar-refractivity contribution in [3.63, 3.8) is 0 Å². The average Bonchev–Trinajstić information content (AvgIpc) is 2.60. The summed E-state index contributed by atoms with van der Waals surface area (Å²) in [6, 6.07) is 13.5. The maximum absolute atomic E-state index is 12.3. The molecule has 3 rings (SSSR count). The van der Waals surface area contributed by atoms with Crippen LogP contribution in [0.3, 0.4) is 0 Å². The molecular weight excluding hydrogens is 357 g/mol. The molecule has 0 unspecified atom stereocenters. The van der Waals surface area contributed by atoms with Crippen LogP contribution >= 0.6 is 23.2 Å². The van der Waals surface area contributed by atoms with Gasteiger partial charge in [0.1, 0.15) is 0 Å². The van der Waals surface area contributed by atoms with E-state index in [-0.39, 0.29) is 5.91 Å². The fraction of sp³-hybridized carbons (Fsp3) is 0.316. The Kier molecular flexibility index (Phi) is 5.84. The zero-order valence-corrected chi connectivity index (χ0v) is 15.6. The Labute approximate surface area is 158 Å². The zero-order chi connectivity index (χ0) is 17.8. The van der Waals surface area contributed by atoms with Gasteiger partial charge in [-0.25, -0.2) is 0 Å². The van der Waals surface area contributed by atoms with Gasteiger partial charge in [0.25, 0.3) is 0 Å². The predicted molar refractivity (Wildman–Crippen MR) is 105 cm³/mol. The fourth-order valence-corrected chi connectivity index (χ4v) is 3.24. The lowest BCUT2D eigenvalue weighted by Gasteiger charge is -2.35. The topological polar surface area (TPSA) is 35.6 Å². The third-order valence-corrected chi connectivity index (χ3v) is 5.17. The summed E-state index contributed by atoms with van der Waals surface area (Å²) in [6.45, 7) is 5.78. The van der Waals surface area contributed by atoms with Crippen molar-refractivity contribution in [1.29, 1.82) is 0 Å². The number of benzene rings is 2. The number of halogens is 2. The summed E-state index contributed by atoms with van der Waals surface area (Å²) in [5.41, 5.74) is 3.01. The molecule has 1 aliphatic rings. The fourth-order valence-electron chi connectivity index (χ4n) is 2.95. The lowest BCUT2D eigenvalue weighted by atomic mass is 10.2. The number of anilines is 2. The Morgan fingerprint density at radius 2 is 1.76 bits per heavy atom. The van der Waals surface area contributed by atoms with Crippen LogP contribution in [-0.4, -0.2) is 43.5 Å². The van der Waals surface area contributed by atoms with E-state index in [4.69, 9.17) is 23.2 Å². The van der Waals surface area contributed by atoms with E-state index in [9.17, 15) is 4.79 Å². The van der Waals surface area contributed by atoms with Crippen molar-refractivity contribution in [2.75, 3.05) is 42.9 Å². The second-order valence-electron chi connectivity index (χ2n) is 6.22. The van der Waals surface area contributed by atoms with Crippen molar-refractivity contribution in [2.24, 2.45) is 0 Å². The summed E-state index contributed by atoms with van der Waals surface area (Å²) in [5, 5.41) is 4.12. The molecule has 4 nitrogen and oxygen atoms in total. The Hall–Kier alpha value is -1.75. The van der Waals surface area contributed by atoms with Gasteiger partial charge in [0, 0.05) is 37.6 Å². The molecule has 0 aromatic heterocycles. The maximum atomic E-state index is 12.3. The molecule has 0 radical (unpaired) electrons. The first-order chi connectivity index (χ1) is 12.0. The average molecular weight is 378 g/mol. The van der Waals surface area contributed by atoms with Gasteiger partial charge in [0.05, 0.1) is 16.6 Å². The van der Waals surface area contributed by atoms with Crippen molar-refractivity contribution >= 4 is 40.5 Å². The summed E-state index contributed by atoms with van der Waals surface area (Å²) < 4.78 is 0. The number of aryl methyl sites for hydroxylation is 1. The number of nitrogens with zero attached hydrogens (tertiary/aromatic N) is 2. The second-order valence-corrected chi connectivity index (χ2v) is 7.04. The van der Waals surface area contributed by atoms with Crippen LogP contribution in [0.4, 0.5) is 11.4 Å². The van der Waals surface area contributed by atoms with E-state index in [2.05, 4.69) is 15.1 Å². The van der Waals surface area contributed by atoms with Gasteiger partial charge in [-0.05, 0) is 36.8 Å². The molecule has 6 heteroatoms. The minimum Gasteiger partial charge on any atom is -0.369 e. The smallest absolute Gasteiger partial charge is 0.238 e. The van der Waals surface area contributed by atoms with E-state index in [0.717, 1.165) is 43.1 Å². The van der Waals surface area contributed by atoms with E-state index in [1.165, 1.54) is 0 Å². The van der Waals surface area contributed by atoms with Gasteiger partial charge in [-0.3, -0.25) is 9.69 Å². The van der Waals surface area contributed by atoms with Crippen LogP contribution in [0.2, 0.25) is 10.0 Å². The highest BCUT2D eigenvalue weighted by atomic mass is 35.5. The number of hydrogen-bond acceptors (Lipinski definition) is 3. The molecule has 2 aromatic carbocycles. The largest absolute Gasteiger partial charge is 0.369 e. The number of hydrogen-bond donors (Lipinski definition) is 1. The molecule has 0 bridgehead atoms. The molecule has 132 valence electrons. The first kappa shape index (κ1) is 18.1. The molecular formula is C19H21Cl2N3O. The number of para-hydroxylation sites is 1. The molecule has 1 N–H and O–H groups in total. The van der Waals surface area contributed by atoms with Crippen LogP contribution in [0, 0.1) is 6.92 Å². The SMILES string of the molecule is Cc1ccccc1NC(=O)CN1CCN(c2ccc(Cl)c(Cl)c2)CC1. The van der Waals surface area contributed by atoms with Gasteiger partial charge in [-0.15, -0.1) is 0 Å². The minimum absolute atomic E-state index is 0.0253. The van der Waals surface area contributed by atoms with Crippen LogP contribution in [-0.2, 0) is 4.79 Å². The number of carbonyl (C=O) groups is 1. The Balaban J connectivity index is 1.51. The lowest BCUT2D eigenvalue weighted by Crippen LogP contribution is -2.48. The van der Waals surface area contributed by atoms with E-state index in [1.807, 2.05) is 49.4 Å². The highest BCUT2D eigenvalue weighted by Gasteiger charge is 2.20. The van der Waals surface area contributed by atoms with Crippen LogP contribution in [0.25, 0.3) is 0 Å². The summed E-state index contributed by atoms with van der Waals surface area (Å²) in [5.74, 6) is 0.0253. The quantitative estimate of drug-likeness (QED) is 0.872. The Bertz CT molecular complexity index is 758. The molecule has 0 spiro atoms. The highest BCUT2D eigenvalue weighted by Crippen LogP contribution is 2.27. The third kappa shape index (κ3) is 4.66. The Morgan fingerprint density at radius 1 is 1.04 bits per heavy atom. The first-order valence-corrected chi connectivity index (χ1v) is 9.06. The molecule has 1 fully saturated rings. The predicted octanol–water partition coefficient (Wildman–Crippen LogP) is 4.06. The van der Waals surface area contributed by atoms with Crippen LogP contribution in [0.1, 0.15) is 5.56 Å². The Morgan fingerprint density at radius 3 is 2.44 bits per heavy atom. The van der Waals surface area contributed by atoms with Gasteiger partial charge in [-0.2, -0.15) is 0 Å². The molecule has 1 amide bonds. The maximum Gasteiger partial charge on any atom is 0.238 e. The highest BCUT2D eigenvalue weighted by molar-refractivity contribution is 6.42.